The first-order valence-electron chi connectivity index (χ1n) is 6.12. The van der Waals surface area contributed by atoms with Gasteiger partial charge >= 0.3 is 0 Å². The van der Waals surface area contributed by atoms with Crippen molar-refractivity contribution >= 4 is 11.8 Å². The average molecular weight is 253 g/mol. The van der Waals surface area contributed by atoms with Gasteiger partial charge in [0.2, 0.25) is 11.8 Å². The number of amides is 2. The molecule has 0 aromatic heterocycles. The molecule has 2 amide bonds. The van der Waals surface area contributed by atoms with Gasteiger partial charge < -0.3 is 15.1 Å². The molecule has 1 aliphatic heterocycles. The molecule has 0 bridgehead atoms. The van der Waals surface area contributed by atoms with Crippen LogP contribution in [0.2, 0.25) is 0 Å². The fourth-order valence-electron chi connectivity index (χ4n) is 1.62. The van der Waals surface area contributed by atoms with Gasteiger partial charge in [0.15, 0.2) is 0 Å². The van der Waals surface area contributed by atoms with Crippen molar-refractivity contribution in [2.24, 2.45) is 0 Å². The second-order valence-corrected chi connectivity index (χ2v) is 5.85. The van der Waals surface area contributed by atoms with Crippen molar-refractivity contribution < 1.29 is 9.59 Å². The topological polar surface area (TPSA) is 52.7 Å². The van der Waals surface area contributed by atoms with E-state index in [0.29, 0.717) is 13.1 Å². The first kappa shape index (κ1) is 14.7. The largest absolute Gasteiger partial charge is 0.335 e. The number of piperazine rings is 1. The Kier molecular flexibility index (Phi) is 4.51. The van der Waals surface area contributed by atoms with Gasteiger partial charge in [-0.1, -0.05) is 6.58 Å². The fourth-order valence-corrected chi connectivity index (χ4v) is 1.62. The van der Waals surface area contributed by atoms with E-state index in [1.807, 2.05) is 0 Å². The summed E-state index contributed by atoms with van der Waals surface area (Å²) >= 11 is 0. The van der Waals surface area contributed by atoms with E-state index in [4.69, 9.17) is 0 Å². The number of hydrogen-bond donors (Lipinski definition) is 1. The molecule has 1 aliphatic rings. The third-order valence-electron chi connectivity index (χ3n) is 2.76. The van der Waals surface area contributed by atoms with Crippen molar-refractivity contribution in [3.05, 3.63) is 12.2 Å². The standard InChI is InChI=1S/C13H23N3O2/c1-10(6-14-13(2,3)4)7-16-9-11(17)15(5)8-12(16)18/h14H,1,6-9H2,2-5H3. The Morgan fingerprint density at radius 3 is 2.44 bits per heavy atom. The van der Waals surface area contributed by atoms with Crippen LogP contribution in [-0.2, 0) is 9.59 Å². The van der Waals surface area contributed by atoms with Gasteiger partial charge in [0.1, 0.15) is 6.54 Å². The fraction of sp³-hybridized carbons (Fsp3) is 0.692. The van der Waals surface area contributed by atoms with Crippen molar-refractivity contribution in [2.75, 3.05) is 33.2 Å². The van der Waals surface area contributed by atoms with E-state index >= 15 is 0 Å². The zero-order valence-electron chi connectivity index (χ0n) is 11.7. The number of likely N-dealkylation sites (N-methyl/N-ethyl adjacent to an activating group) is 1. The number of rotatable bonds is 4. The normalized spacial score (nSPS) is 17.3. The minimum atomic E-state index is -0.0221. The second-order valence-electron chi connectivity index (χ2n) is 5.85. The highest BCUT2D eigenvalue weighted by atomic mass is 16.2. The summed E-state index contributed by atoms with van der Waals surface area (Å²) in [4.78, 5) is 26.3. The summed E-state index contributed by atoms with van der Waals surface area (Å²) in [6.45, 7) is 11.6. The van der Waals surface area contributed by atoms with Gasteiger partial charge in [-0.2, -0.15) is 0 Å². The van der Waals surface area contributed by atoms with Gasteiger partial charge in [0, 0.05) is 25.7 Å². The molecule has 0 aliphatic carbocycles. The minimum absolute atomic E-state index is 0.0187. The van der Waals surface area contributed by atoms with Crippen molar-refractivity contribution in [2.45, 2.75) is 26.3 Å². The van der Waals surface area contributed by atoms with Crippen LogP contribution in [0.5, 0.6) is 0 Å². The smallest absolute Gasteiger partial charge is 0.242 e. The van der Waals surface area contributed by atoms with Gasteiger partial charge in [-0.05, 0) is 26.3 Å². The number of hydrogen-bond acceptors (Lipinski definition) is 3. The van der Waals surface area contributed by atoms with Crippen LogP contribution in [-0.4, -0.2) is 60.4 Å². The van der Waals surface area contributed by atoms with E-state index in [1.54, 1.807) is 11.9 Å². The Balaban J connectivity index is 2.45. The lowest BCUT2D eigenvalue weighted by Gasteiger charge is -2.32. The molecule has 1 heterocycles. The molecule has 102 valence electrons. The summed E-state index contributed by atoms with van der Waals surface area (Å²) in [5.41, 5.74) is 0.931. The molecule has 1 saturated heterocycles. The molecule has 0 radical (unpaired) electrons. The molecule has 1 fully saturated rings. The van der Waals surface area contributed by atoms with Crippen LogP contribution in [0.1, 0.15) is 20.8 Å². The summed E-state index contributed by atoms with van der Waals surface area (Å²) in [6.07, 6.45) is 0. The zero-order valence-corrected chi connectivity index (χ0v) is 11.7. The number of nitrogens with one attached hydrogen (secondary N) is 1. The lowest BCUT2D eigenvalue weighted by molar-refractivity contribution is -0.148. The molecule has 5 heteroatoms. The van der Waals surface area contributed by atoms with Gasteiger partial charge in [0.25, 0.3) is 0 Å². The Hall–Kier alpha value is -1.36. The van der Waals surface area contributed by atoms with Gasteiger partial charge in [0.05, 0.1) is 6.54 Å². The quantitative estimate of drug-likeness (QED) is 0.730. The number of nitrogens with zero attached hydrogens (tertiary/aromatic N) is 2. The Bertz CT molecular complexity index is 358. The Labute approximate surface area is 109 Å². The summed E-state index contributed by atoms with van der Waals surface area (Å²) < 4.78 is 0. The van der Waals surface area contributed by atoms with E-state index < -0.39 is 0 Å². The molecular formula is C13H23N3O2. The van der Waals surface area contributed by atoms with Crippen LogP contribution in [0.15, 0.2) is 12.2 Å². The van der Waals surface area contributed by atoms with Crippen LogP contribution in [0.3, 0.4) is 0 Å². The Morgan fingerprint density at radius 1 is 1.28 bits per heavy atom. The summed E-state index contributed by atoms with van der Waals surface area (Å²) in [7, 11) is 1.65. The maximum atomic E-state index is 11.8. The van der Waals surface area contributed by atoms with E-state index in [0.717, 1.165) is 5.57 Å². The summed E-state index contributed by atoms with van der Waals surface area (Å²) in [6, 6.07) is 0. The van der Waals surface area contributed by atoms with E-state index in [1.165, 1.54) is 4.90 Å². The molecule has 0 aromatic rings. The highest BCUT2D eigenvalue weighted by Crippen LogP contribution is 2.06. The number of carbonyl (C=O) groups is 2. The van der Waals surface area contributed by atoms with E-state index in [-0.39, 0.29) is 30.4 Å². The van der Waals surface area contributed by atoms with Crippen LogP contribution < -0.4 is 5.32 Å². The van der Waals surface area contributed by atoms with Crippen LogP contribution in [0.4, 0.5) is 0 Å². The minimum Gasteiger partial charge on any atom is -0.335 e. The predicted octanol–water partition coefficient (Wildman–Crippen LogP) is 0.231. The molecular weight excluding hydrogens is 230 g/mol. The molecule has 0 saturated carbocycles. The molecule has 1 N–H and O–H groups in total. The highest BCUT2D eigenvalue weighted by molar-refractivity contribution is 5.92. The summed E-state index contributed by atoms with van der Waals surface area (Å²) in [5, 5.41) is 3.31. The van der Waals surface area contributed by atoms with E-state index in [2.05, 4.69) is 32.7 Å². The van der Waals surface area contributed by atoms with Gasteiger partial charge in [-0.25, -0.2) is 0 Å². The SMILES string of the molecule is C=C(CNC(C)(C)C)CN1CC(=O)N(C)CC1=O. The van der Waals surface area contributed by atoms with E-state index in [9.17, 15) is 9.59 Å². The molecule has 0 aromatic carbocycles. The highest BCUT2D eigenvalue weighted by Gasteiger charge is 2.27. The number of carbonyl (C=O) groups excluding carboxylic acids is 2. The lowest BCUT2D eigenvalue weighted by Crippen LogP contribution is -2.53. The lowest BCUT2D eigenvalue weighted by atomic mass is 10.1. The van der Waals surface area contributed by atoms with Crippen LogP contribution in [0.25, 0.3) is 0 Å². The maximum absolute atomic E-state index is 11.8. The van der Waals surface area contributed by atoms with Gasteiger partial charge in [-0.15, -0.1) is 0 Å². The maximum Gasteiger partial charge on any atom is 0.242 e. The molecule has 0 atom stereocenters. The third-order valence-corrected chi connectivity index (χ3v) is 2.76. The molecule has 1 rings (SSSR count). The predicted molar refractivity (Wildman–Crippen MR) is 71.1 cm³/mol. The monoisotopic (exact) mass is 253 g/mol. The first-order valence-corrected chi connectivity index (χ1v) is 6.12. The van der Waals surface area contributed by atoms with Crippen molar-refractivity contribution in [3.8, 4) is 0 Å². The van der Waals surface area contributed by atoms with Gasteiger partial charge in [-0.3, -0.25) is 9.59 Å². The third kappa shape index (κ3) is 4.49. The summed E-state index contributed by atoms with van der Waals surface area (Å²) in [5.74, 6) is -0.0415. The molecule has 0 unspecified atom stereocenters. The Morgan fingerprint density at radius 2 is 1.89 bits per heavy atom. The van der Waals surface area contributed by atoms with Crippen LogP contribution in [0, 0.1) is 0 Å². The average Bonchev–Trinajstić information content (AvgIpc) is 2.22. The van der Waals surface area contributed by atoms with Crippen molar-refractivity contribution in [3.63, 3.8) is 0 Å². The second kappa shape index (κ2) is 5.52. The zero-order chi connectivity index (χ0) is 13.9. The first-order chi connectivity index (χ1) is 8.19. The molecule has 18 heavy (non-hydrogen) atoms. The van der Waals surface area contributed by atoms with Crippen LogP contribution >= 0.6 is 0 Å². The van der Waals surface area contributed by atoms with Crippen molar-refractivity contribution in [1.82, 2.24) is 15.1 Å². The molecule has 5 nitrogen and oxygen atoms in total. The van der Waals surface area contributed by atoms with Crippen molar-refractivity contribution in [1.29, 1.82) is 0 Å². The molecule has 0 spiro atoms.